The zero-order valence-corrected chi connectivity index (χ0v) is 16.5. The molecule has 0 fully saturated rings. The highest BCUT2D eigenvalue weighted by atomic mass is 32.2. The van der Waals surface area contributed by atoms with E-state index in [2.05, 4.69) is 11.8 Å². The van der Waals surface area contributed by atoms with Crippen LogP contribution in [0.1, 0.15) is 19.4 Å². The highest BCUT2D eigenvalue weighted by molar-refractivity contribution is 7.89. The number of aliphatic carboxylic acids is 1. The zero-order chi connectivity index (χ0) is 20.9. The van der Waals surface area contributed by atoms with Gasteiger partial charge in [-0.3, -0.25) is 0 Å². The standard InChI is InChI=1S/C20H21NO6S/c1-4-5-14-27-17-10-12-18(13-11-17)28(25,26)21(3)20(2,19(23)24)15-6-8-16(22)9-7-15/h6-13,22H,14H2,1-3H3,(H,23,24). The molecular formula is C20H21NO6S. The number of sulfonamides is 1. The third-order valence-corrected chi connectivity index (χ3v) is 6.40. The molecule has 0 saturated carbocycles. The molecule has 0 aliphatic heterocycles. The van der Waals surface area contributed by atoms with Gasteiger partial charge >= 0.3 is 5.97 Å². The smallest absolute Gasteiger partial charge is 0.329 e. The van der Waals surface area contributed by atoms with E-state index in [4.69, 9.17) is 4.74 Å². The number of aromatic hydroxyl groups is 1. The van der Waals surface area contributed by atoms with E-state index in [1.165, 1.54) is 62.5 Å². The summed E-state index contributed by atoms with van der Waals surface area (Å²) >= 11 is 0. The molecule has 7 nitrogen and oxygen atoms in total. The van der Waals surface area contributed by atoms with Crippen LogP contribution in [0.15, 0.2) is 53.4 Å². The van der Waals surface area contributed by atoms with E-state index in [0.29, 0.717) is 5.75 Å². The van der Waals surface area contributed by atoms with E-state index in [1.807, 2.05) is 0 Å². The zero-order valence-electron chi connectivity index (χ0n) is 15.7. The number of likely N-dealkylation sites (N-methyl/N-ethyl adjacent to an activating group) is 1. The Kier molecular flexibility index (Phi) is 6.33. The van der Waals surface area contributed by atoms with Crippen LogP contribution in [-0.4, -0.2) is 42.6 Å². The summed E-state index contributed by atoms with van der Waals surface area (Å²) in [6, 6.07) is 11.0. The number of ether oxygens (including phenoxy) is 1. The first-order valence-electron chi connectivity index (χ1n) is 8.28. The predicted octanol–water partition coefficient (Wildman–Crippen LogP) is 2.41. The van der Waals surface area contributed by atoms with Gasteiger partial charge < -0.3 is 14.9 Å². The maximum Gasteiger partial charge on any atom is 0.329 e. The van der Waals surface area contributed by atoms with Gasteiger partial charge in [0.25, 0.3) is 0 Å². The first kappa shape index (κ1) is 21.3. The quantitative estimate of drug-likeness (QED) is 0.688. The third-order valence-electron chi connectivity index (χ3n) is 4.45. The predicted molar refractivity (Wildman–Crippen MR) is 103 cm³/mol. The lowest BCUT2D eigenvalue weighted by atomic mass is 9.92. The molecule has 0 heterocycles. The summed E-state index contributed by atoms with van der Waals surface area (Å²) in [6.07, 6.45) is 0. The normalized spacial score (nSPS) is 13.3. The summed E-state index contributed by atoms with van der Waals surface area (Å²) in [5, 5.41) is 19.2. The largest absolute Gasteiger partial charge is 0.508 e. The molecule has 0 amide bonds. The van der Waals surface area contributed by atoms with Gasteiger partial charge in [0.05, 0.1) is 4.90 Å². The van der Waals surface area contributed by atoms with Crippen molar-refractivity contribution < 1.29 is 28.2 Å². The summed E-state index contributed by atoms with van der Waals surface area (Å²) < 4.78 is 32.2. The van der Waals surface area contributed by atoms with Gasteiger partial charge in [0.2, 0.25) is 10.0 Å². The van der Waals surface area contributed by atoms with E-state index in [-0.39, 0.29) is 22.8 Å². The molecule has 2 aromatic rings. The van der Waals surface area contributed by atoms with Crippen molar-refractivity contribution in [1.29, 1.82) is 0 Å². The molecule has 28 heavy (non-hydrogen) atoms. The minimum absolute atomic E-state index is 0.0506. The topological polar surface area (TPSA) is 104 Å². The summed E-state index contributed by atoms with van der Waals surface area (Å²) in [6.45, 7) is 3.16. The van der Waals surface area contributed by atoms with Crippen LogP contribution >= 0.6 is 0 Å². The van der Waals surface area contributed by atoms with Gasteiger partial charge in [-0.25, -0.2) is 13.2 Å². The number of phenols is 1. The van der Waals surface area contributed by atoms with Crippen molar-refractivity contribution >= 4 is 16.0 Å². The molecule has 1 atom stereocenters. The second-order valence-electron chi connectivity index (χ2n) is 6.08. The van der Waals surface area contributed by atoms with Crippen molar-refractivity contribution in [3.63, 3.8) is 0 Å². The number of nitrogens with zero attached hydrogens (tertiary/aromatic N) is 1. The Morgan fingerprint density at radius 3 is 2.21 bits per heavy atom. The number of carboxylic acids is 1. The van der Waals surface area contributed by atoms with Crippen molar-refractivity contribution in [1.82, 2.24) is 4.31 Å². The first-order valence-corrected chi connectivity index (χ1v) is 9.72. The van der Waals surface area contributed by atoms with E-state index >= 15 is 0 Å². The van der Waals surface area contributed by atoms with Crippen LogP contribution in [-0.2, 0) is 20.4 Å². The van der Waals surface area contributed by atoms with E-state index < -0.39 is 21.5 Å². The van der Waals surface area contributed by atoms with Crippen LogP contribution in [0.25, 0.3) is 0 Å². The van der Waals surface area contributed by atoms with Crippen molar-refractivity contribution in [2.75, 3.05) is 13.7 Å². The Bertz CT molecular complexity index is 1000. The molecule has 148 valence electrons. The van der Waals surface area contributed by atoms with Gasteiger partial charge in [0.15, 0.2) is 5.54 Å². The second-order valence-corrected chi connectivity index (χ2v) is 8.05. The van der Waals surface area contributed by atoms with Crippen molar-refractivity contribution in [2.24, 2.45) is 0 Å². The third kappa shape index (κ3) is 4.11. The first-order chi connectivity index (χ1) is 13.1. The van der Waals surface area contributed by atoms with Gasteiger partial charge in [-0.2, -0.15) is 4.31 Å². The van der Waals surface area contributed by atoms with Gasteiger partial charge in [-0.05, 0) is 55.8 Å². The fraction of sp³-hybridized carbons (Fsp3) is 0.250. The molecule has 0 aromatic heterocycles. The Morgan fingerprint density at radius 2 is 1.71 bits per heavy atom. The number of rotatable bonds is 7. The maximum absolute atomic E-state index is 13.0. The van der Waals surface area contributed by atoms with Gasteiger partial charge in [0.1, 0.15) is 18.1 Å². The van der Waals surface area contributed by atoms with Crippen molar-refractivity contribution in [3.8, 4) is 23.3 Å². The van der Waals surface area contributed by atoms with E-state index in [0.717, 1.165) is 4.31 Å². The number of benzene rings is 2. The summed E-state index contributed by atoms with van der Waals surface area (Å²) in [7, 11) is -2.93. The van der Waals surface area contributed by atoms with Crippen LogP contribution in [0.4, 0.5) is 0 Å². The lowest BCUT2D eigenvalue weighted by Crippen LogP contribution is -2.50. The lowest BCUT2D eigenvalue weighted by Gasteiger charge is -2.34. The molecule has 0 radical (unpaired) electrons. The average molecular weight is 403 g/mol. The van der Waals surface area contributed by atoms with Crippen molar-refractivity contribution in [2.45, 2.75) is 24.3 Å². The lowest BCUT2D eigenvalue weighted by molar-refractivity contribution is -0.147. The second kappa shape index (κ2) is 8.33. The average Bonchev–Trinajstić information content (AvgIpc) is 2.67. The van der Waals surface area contributed by atoms with Crippen LogP contribution in [0.3, 0.4) is 0 Å². The Balaban J connectivity index is 2.40. The molecule has 0 aliphatic rings. The van der Waals surface area contributed by atoms with Gasteiger partial charge in [-0.15, -0.1) is 5.92 Å². The minimum Gasteiger partial charge on any atom is -0.508 e. The fourth-order valence-corrected chi connectivity index (χ4v) is 3.98. The van der Waals surface area contributed by atoms with Crippen LogP contribution in [0.5, 0.6) is 11.5 Å². The molecule has 2 N–H and O–H groups in total. The number of phenolic OH excluding ortho intramolecular Hbond substituents is 1. The number of carboxylic acid groups (broad SMARTS) is 1. The van der Waals surface area contributed by atoms with E-state index in [9.17, 15) is 23.4 Å². The summed E-state index contributed by atoms with van der Waals surface area (Å²) in [5.74, 6) is 4.47. The summed E-state index contributed by atoms with van der Waals surface area (Å²) in [5.41, 5.74) is -1.67. The Hall–Kier alpha value is -3.02. The van der Waals surface area contributed by atoms with Crippen molar-refractivity contribution in [3.05, 3.63) is 54.1 Å². The number of hydrogen-bond donors (Lipinski definition) is 2. The highest BCUT2D eigenvalue weighted by Gasteiger charge is 2.45. The summed E-state index contributed by atoms with van der Waals surface area (Å²) in [4.78, 5) is 12.0. The molecule has 0 saturated heterocycles. The van der Waals surface area contributed by atoms with Gasteiger partial charge in [0, 0.05) is 7.05 Å². The molecule has 2 rings (SSSR count). The highest BCUT2D eigenvalue weighted by Crippen LogP contribution is 2.33. The minimum atomic E-state index is -4.14. The van der Waals surface area contributed by atoms with Gasteiger partial charge in [-0.1, -0.05) is 18.1 Å². The number of carbonyl (C=O) groups is 1. The fourth-order valence-electron chi connectivity index (χ4n) is 2.52. The molecule has 0 bridgehead atoms. The molecule has 2 aromatic carbocycles. The molecule has 0 spiro atoms. The maximum atomic E-state index is 13.0. The van der Waals surface area contributed by atoms with Crippen LogP contribution in [0, 0.1) is 11.8 Å². The Labute approximate surface area is 164 Å². The van der Waals surface area contributed by atoms with Crippen LogP contribution in [0.2, 0.25) is 0 Å². The van der Waals surface area contributed by atoms with Crippen LogP contribution < -0.4 is 4.74 Å². The monoisotopic (exact) mass is 403 g/mol. The Morgan fingerprint density at radius 1 is 1.14 bits per heavy atom. The molecule has 1 unspecified atom stereocenters. The number of hydrogen-bond acceptors (Lipinski definition) is 5. The SMILES string of the molecule is CC#CCOc1ccc(S(=O)(=O)N(C)C(C)(C(=O)O)c2ccc(O)cc2)cc1. The molecule has 0 aliphatic carbocycles. The molecular weight excluding hydrogens is 382 g/mol. The van der Waals surface area contributed by atoms with E-state index in [1.54, 1.807) is 6.92 Å². The molecule has 8 heteroatoms.